The number of hydrogen-bond donors (Lipinski definition) is 1. The lowest BCUT2D eigenvalue weighted by Gasteiger charge is -2.05. The minimum absolute atomic E-state index is 0.0550. The predicted octanol–water partition coefficient (Wildman–Crippen LogP) is 3.83. The van der Waals surface area contributed by atoms with E-state index in [4.69, 9.17) is 17.3 Å². The summed E-state index contributed by atoms with van der Waals surface area (Å²) in [6, 6.07) is 7.12. The Morgan fingerprint density at radius 2 is 2.06 bits per heavy atom. The molecule has 1 heterocycles. The molecule has 2 aromatic rings. The first kappa shape index (κ1) is 12.1. The van der Waals surface area contributed by atoms with Crippen LogP contribution in [-0.2, 0) is 0 Å². The minimum Gasteiger partial charge on any atom is -0.397 e. The number of ketones is 1. The molecule has 2 nitrogen and oxygen atoms in total. The molecule has 0 aliphatic rings. The molecule has 17 heavy (non-hydrogen) atoms. The zero-order chi connectivity index (χ0) is 12.6. The van der Waals surface area contributed by atoms with E-state index in [-0.39, 0.29) is 5.78 Å². The average Bonchev–Trinajstić information content (AvgIpc) is 2.61. The van der Waals surface area contributed by atoms with Crippen LogP contribution >= 0.6 is 22.9 Å². The third kappa shape index (κ3) is 2.21. The summed E-state index contributed by atoms with van der Waals surface area (Å²) in [4.78, 5) is 14.2. The SMILES string of the molecule is Cc1cc(C)c(C(=O)c2cccc(Cl)c2N)s1. The first-order chi connectivity index (χ1) is 8.00. The van der Waals surface area contributed by atoms with Gasteiger partial charge in [-0.2, -0.15) is 0 Å². The number of para-hydroxylation sites is 1. The van der Waals surface area contributed by atoms with Crippen molar-refractivity contribution < 1.29 is 4.79 Å². The number of carbonyl (C=O) groups excluding carboxylic acids is 1. The van der Waals surface area contributed by atoms with Gasteiger partial charge in [-0.25, -0.2) is 0 Å². The van der Waals surface area contributed by atoms with E-state index in [1.807, 2.05) is 19.9 Å². The van der Waals surface area contributed by atoms with Crippen molar-refractivity contribution in [2.75, 3.05) is 5.73 Å². The molecule has 0 spiro atoms. The van der Waals surface area contributed by atoms with Crippen LogP contribution in [0.4, 0.5) is 5.69 Å². The fourth-order valence-corrected chi connectivity index (χ4v) is 2.88. The molecular weight excluding hydrogens is 254 g/mol. The third-order valence-corrected chi connectivity index (χ3v) is 4.03. The van der Waals surface area contributed by atoms with Crippen molar-refractivity contribution in [3.8, 4) is 0 Å². The second-order valence-corrected chi connectivity index (χ2v) is 5.56. The maximum Gasteiger partial charge on any atom is 0.205 e. The molecule has 2 N–H and O–H groups in total. The molecule has 0 radical (unpaired) electrons. The van der Waals surface area contributed by atoms with Crippen molar-refractivity contribution in [1.29, 1.82) is 0 Å². The third-order valence-electron chi connectivity index (χ3n) is 2.54. The molecule has 1 aromatic carbocycles. The van der Waals surface area contributed by atoms with Gasteiger partial charge in [0.2, 0.25) is 5.78 Å². The number of nitrogen functional groups attached to an aromatic ring is 1. The van der Waals surface area contributed by atoms with Crippen LogP contribution in [-0.4, -0.2) is 5.78 Å². The van der Waals surface area contributed by atoms with Crippen molar-refractivity contribution in [1.82, 2.24) is 0 Å². The molecule has 0 saturated heterocycles. The molecule has 0 atom stereocenters. The number of aryl methyl sites for hydroxylation is 2. The highest BCUT2D eigenvalue weighted by Crippen LogP contribution is 2.29. The van der Waals surface area contributed by atoms with E-state index in [9.17, 15) is 4.79 Å². The monoisotopic (exact) mass is 265 g/mol. The van der Waals surface area contributed by atoms with E-state index >= 15 is 0 Å². The van der Waals surface area contributed by atoms with Gasteiger partial charge in [0.1, 0.15) is 0 Å². The summed E-state index contributed by atoms with van der Waals surface area (Å²) in [5.74, 6) is -0.0550. The van der Waals surface area contributed by atoms with E-state index in [0.29, 0.717) is 16.3 Å². The van der Waals surface area contributed by atoms with Gasteiger partial charge in [0.25, 0.3) is 0 Å². The van der Waals surface area contributed by atoms with Gasteiger partial charge in [-0.3, -0.25) is 4.79 Å². The van der Waals surface area contributed by atoms with Crippen LogP contribution in [0.3, 0.4) is 0 Å². The largest absolute Gasteiger partial charge is 0.397 e. The molecule has 0 fully saturated rings. The van der Waals surface area contributed by atoms with E-state index in [1.54, 1.807) is 18.2 Å². The Balaban J connectivity index is 2.51. The Labute approximate surface area is 109 Å². The summed E-state index contributed by atoms with van der Waals surface area (Å²) in [5, 5.41) is 0.418. The maximum absolute atomic E-state index is 12.3. The van der Waals surface area contributed by atoms with Gasteiger partial charge in [0.05, 0.1) is 15.6 Å². The summed E-state index contributed by atoms with van der Waals surface area (Å²) in [5.41, 5.74) is 7.64. The maximum atomic E-state index is 12.3. The number of nitrogens with two attached hydrogens (primary N) is 1. The highest BCUT2D eigenvalue weighted by molar-refractivity contribution is 7.14. The van der Waals surface area contributed by atoms with Gasteiger partial charge in [0, 0.05) is 10.4 Å². The Morgan fingerprint density at radius 3 is 2.65 bits per heavy atom. The second-order valence-electron chi connectivity index (χ2n) is 3.90. The molecular formula is C13H12ClNOS. The van der Waals surface area contributed by atoms with Crippen molar-refractivity contribution in [2.24, 2.45) is 0 Å². The highest BCUT2D eigenvalue weighted by Gasteiger charge is 2.17. The molecule has 0 amide bonds. The van der Waals surface area contributed by atoms with Gasteiger partial charge in [-0.15, -0.1) is 11.3 Å². The van der Waals surface area contributed by atoms with E-state index in [0.717, 1.165) is 15.3 Å². The number of halogens is 1. The lowest BCUT2D eigenvalue weighted by molar-refractivity contribution is 0.104. The van der Waals surface area contributed by atoms with Gasteiger partial charge >= 0.3 is 0 Å². The summed E-state index contributed by atoms with van der Waals surface area (Å²) in [6.45, 7) is 3.91. The number of carbonyl (C=O) groups is 1. The van der Waals surface area contributed by atoms with Gasteiger partial charge < -0.3 is 5.73 Å². The van der Waals surface area contributed by atoms with Crippen molar-refractivity contribution in [3.05, 3.63) is 50.2 Å². The van der Waals surface area contributed by atoms with E-state index in [1.165, 1.54) is 11.3 Å². The average molecular weight is 266 g/mol. The Kier molecular flexibility index (Phi) is 3.22. The number of thiophene rings is 1. The minimum atomic E-state index is -0.0550. The van der Waals surface area contributed by atoms with Crippen LogP contribution in [0.15, 0.2) is 24.3 Å². The zero-order valence-electron chi connectivity index (χ0n) is 9.58. The lowest BCUT2D eigenvalue weighted by Crippen LogP contribution is -2.05. The number of anilines is 1. The standard InChI is InChI=1S/C13H12ClNOS/c1-7-6-8(2)17-13(7)12(16)9-4-3-5-10(14)11(9)15/h3-6H,15H2,1-2H3. The number of hydrogen-bond acceptors (Lipinski definition) is 3. The molecule has 0 saturated carbocycles. The fraction of sp³-hybridized carbons (Fsp3) is 0.154. The van der Waals surface area contributed by atoms with Gasteiger partial charge in [0.15, 0.2) is 0 Å². The van der Waals surface area contributed by atoms with Crippen LogP contribution in [0.1, 0.15) is 25.7 Å². The zero-order valence-corrected chi connectivity index (χ0v) is 11.2. The first-order valence-corrected chi connectivity index (χ1v) is 6.36. The molecule has 0 bridgehead atoms. The molecule has 4 heteroatoms. The number of rotatable bonds is 2. The van der Waals surface area contributed by atoms with Gasteiger partial charge in [-0.05, 0) is 37.6 Å². The van der Waals surface area contributed by atoms with Crippen LogP contribution in [0.5, 0.6) is 0 Å². The normalized spacial score (nSPS) is 10.5. The quantitative estimate of drug-likeness (QED) is 0.662. The number of benzene rings is 1. The molecule has 88 valence electrons. The predicted molar refractivity (Wildman–Crippen MR) is 73.1 cm³/mol. The molecule has 0 unspecified atom stereocenters. The lowest BCUT2D eigenvalue weighted by atomic mass is 10.1. The van der Waals surface area contributed by atoms with Crippen LogP contribution in [0, 0.1) is 13.8 Å². The molecule has 0 aliphatic heterocycles. The topological polar surface area (TPSA) is 43.1 Å². The van der Waals surface area contributed by atoms with Crippen LogP contribution < -0.4 is 5.73 Å². The smallest absolute Gasteiger partial charge is 0.205 e. The summed E-state index contributed by atoms with van der Waals surface area (Å²) in [7, 11) is 0. The van der Waals surface area contributed by atoms with Crippen molar-refractivity contribution >= 4 is 34.4 Å². The highest BCUT2D eigenvalue weighted by atomic mass is 35.5. The Hall–Kier alpha value is -1.32. The fourth-order valence-electron chi connectivity index (χ4n) is 1.72. The Bertz CT molecular complexity index is 589. The Morgan fingerprint density at radius 1 is 1.35 bits per heavy atom. The second kappa shape index (κ2) is 4.51. The van der Waals surface area contributed by atoms with E-state index < -0.39 is 0 Å². The van der Waals surface area contributed by atoms with Crippen molar-refractivity contribution in [2.45, 2.75) is 13.8 Å². The van der Waals surface area contributed by atoms with Crippen LogP contribution in [0.25, 0.3) is 0 Å². The van der Waals surface area contributed by atoms with Crippen LogP contribution in [0.2, 0.25) is 5.02 Å². The molecule has 0 aliphatic carbocycles. The summed E-state index contributed by atoms with van der Waals surface area (Å²) in [6.07, 6.45) is 0. The molecule has 2 rings (SSSR count). The summed E-state index contributed by atoms with van der Waals surface area (Å²) >= 11 is 7.40. The molecule has 1 aromatic heterocycles. The van der Waals surface area contributed by atoms with Gasteiger partial charge in [-0.1, -0.05) is 17.7 Å². The first-order valence-electron chi connectivity index (χ1n) is 5.16. The van der Waals surface area contributed by atoms with Crippen molar-refractivity contribution in [3.63, 3.8) is 0 Å². The summed E-state index contributed by atoms with van der Waals surface area (Å²) < 4.78 is 0. The van der Waals surface area contributed by atoms with E-state index in [2.05, 4.69) is 0 Å².